The molecule has 25 atom stereocenters. The van der Waals surface area contributed by atoms with Crippen LogP contribution in [-0.4, -0.2) is 391 Å². The lowest BCUT2D eigenvalue weighted by Crippen LogP contribution is -2.64. The molecule has 5 fully saturated rings. The Kier molecular flexibility index (Phi) is 47.4. The van der Waals surface area contributed by atoms with E-state index < -0.39 is 232 Å². The van der Waals surface area contributed by atoms with Crippen LogP contribution in [0.3, 0.4) is 0 Å². The molecule has 5 rings (SSSR count). The molecule has 5 heterocycles. The largest absolute Gasteiger partial charge is 0.396 e. The van der Waals surface area contributed by atoms with Gasteiger partial charge < -0.3 is 160 Å². The molecular formula is C78H135N7O35. The van der Waals surface area contributed by atoms with Gasteiger partial charge in [0.05, 0.1) is 117 Å². The van der Waals surface area contributed by atoms with Gasteiger partial charge in [0, 0.05) is 128 Å². The predicted molar refractivity (Wildman–Crippen MR) is 415 cm³/mol. The van der Waals surface area contributed by atoms with Crippen molar-refractivity contribution < 1.29 is 171 Å². The van der Waals surface area contributed by atoms with Gasteiger partial charge in [-0.15, -0.1) is 0 Å². The summed E-state index contributed by atoms with van der Waals surface area (Å²) in [6.07, 6.45) is -22.5. The molecule has 19 N–H and O–H groups in total. The molecular weight excluding hydrogens is 1590 g/mol. The van der Waals surface area contributed by atoms with Crippen molar-refractivity contribution in [1.82, 2.24) is 36.8 Å². The van der Waals surface area contributed by atoms with E-state index in [0.29, 0.717) is 19.5 Å². The first-order valence-corrected chi connectivity index (χ1v) is 41.5. The highest BCUT2D eigenvalue weighted by Gasteiger charge is 2.53. The molecule has 0 spiro atoms. The number of likely N-dealkylation sites (tertiary alicyclic amines) is 1. The van der Waals surface area contributed by atoms with Crippen LogP contribution in [0.2, 0.25) is 0 Å². The van der Waals surface area contributed by atoms with Crippen LogP contribution in [0, 0.1) is 28.6 Å². The zero-order valence-corrected chi connectivity index (χ0v) is 70.0. The second-order valence-electron chi connectivity index (χ2n) is 31.8. The topological polar surface area (TPSA) is 620 Å². The minimum absolute atomic E-state index is 0.00427. The van der Waals surface area contributed by atoms with Crippen molar-refractivity contribution in [1.29, 1.82) is 0 Å². The molecule has 42 heteroatoms. The van der Waals surface area contributed by atoms with E-state index in [1.54, 1.807) is 18.7 Å². The number of carbonyl (C=O) groups is 10. The highest BCUT2D eigenvalue weighted by atomic mass is 16.7. The Hall–Kier alpha value is -5.70. The van der Waals surface area contributed by atoms with E-state index in [4.69, 9.17) is 56.8 Å². The van der Waals surface area contributed by atoms with Crippen molar-refractivity contribution in [2.24, 2.45) is 28.6 Å². The second-order valence-corrected chi connectivity index (χ2v) is 31.8. The Morgan fingerprint density at radius 3 is 1.30 bits per heavy atom. The van der Waals surface area contributed by atoms with Gasteiger partial charge in [-0.25, -0.2) is 0 Å². The van der Waals surface area contributed by atoms with Gasteiger partial charge in [0.1, 0.15) is 90.7 Å². The summed E-state index contributed by atoms with van der Waals surface area (Å²) in [7, 11) is 0. The highest BCUT2D eigenvalue weighted by molar-refractivity contribution is 5.93. The van der Waals surface area contributed by atoms with E-state index in [1.807, 2.05) is 20.8 Å². The molecule has 120 heavy (non-hydrogen) atoms. The van der Waals surface area contributed by atoms with Gasteiger partial charge in [-0.2, -0.15) is 0 Å². The molecule has 0 aromatic heterocycles. The van der Waals surface area contributed by atoms with Crippen LogP contribution in [0.25, 0.3) is 0 Å². The number of nitrogens with zero attached hydrogens (tertiary/aromatic N) is 1. The minimum Gasteiger partial charge on any atom is -0.396 e. The van der Waals surface area contributed by atoms with Crippen molar-refractivity contribution in [2.75, 3.05) is 138 Å². The average Bonchev–Trinajstić information content (AvgIpc) is 1.64. The standard InChI is InChI=1S/C78H135N7O35/c1-8-77(6)41-85(42-78(77,7)43-90)60(98)15-9-12-50(94)36-48(71(107)84-52(72(108)80-23-27-112-30-33-114-74-45(3)64(100)66(102)55(38-87)118-74)18-17-49(93)13-10-24-109-28-32-113-73-44(2)63(99)65(101)54(37-86)117-73)16-20-59(97)83-51(53(95)14-11-25-110-29-34-115-75-61(81-46(4)91)69(105)67(103)56(39-88)119-75)19-21-58(96)79-22-26-111-31-35-116-76-62(82-47(5)92)70(106)68(104)57(40-89)120-76/h44-45,48,51-52,54-57,61-70,73-76,86-90,99-106H,8-43H2,1-7H3,(H,79,96)(H,80,108)(H,81,91)(H,82,92)(H,83,97)(H,84,107)/t44-,45-,48?,51?,52?,54-,55-,56-,57-,61-,62-,63-,64-,65+,66+,67+,68+,69-,70-,73?,74?,75?,76?,77+,78+/m1/s1. The molecule has 0 radical (unpaired) electrons. The summed E-state index contributed by atoms with van der Waals surface area (Å²) in [6.45, 7) is 8.48. The van der Waals surface area contributed by atoms with E-state index in [1.165, 1.54) is 13.8 Å². The van der Waals surface area contributed by atoms with Crippen molar-refractivity contribution in [3.63, 3.8) is 0 Å². The third kappa shape index (κ3) is 33.3. The minimum atomic E-state index is -1.57. The van der Waals surface area contributed by atoms with Crippen LogP contribution in [0.1, 0.15) is 145 Å². The van der Waals surface area contributed by atoms with E-state index in [9.17, 15) is 114 Å². The van der Waals surface area contributed by atoms with E-state index in [0.717, 1.165) is 0 Å². The maximum Gasteiger partial charge on any atom is 0.242 e. The fourth-order valence-electron chi connectivity index (χ4n) is 14.6. The van der Waals surface area contributed by atoms with Crippen molar-refractivity contribution in [2.45, 2.75) is 267 Å². The van der Waals surface area contributed by atoms with E-state index >= 15 is 0 Å². The van der Waals surface area contributed by atoms with Gasteiger partial charge >= 0.3 is 0 Å². The number of amides is 7. The molecule has 0 bridgehead atoms. The average molecular weight is 1730 g/mol. The molecule has 0 aromatic rings. The number of aliphatic hydroxyl groups excluding tert-OH is 13. The third-order valence-corrected chi connectivity index (χ3v) is 22.6. The van der Waals surface area contributed by atoms with Crippen LogP contribution in [0.4, 0.5) is 0 Å². The van der Waals surface area contributed by atoms with Gasteiger partial charge in [0.25, 0.3) is 0 Å². The van der Waals surface area contributed by atoms with Crippen LogP contribution in [-0.2, 0) is 105 Å². The van der Waals surface area contributed by atoms with Crippen molar-refractivity contribution >= 4 is 58.7 Å². The SMILES string of the molecule is CC[C@@]1(C)CN(C(=O)CCCC(=O)CC(CCC(=O)NC(CCC(=O)NCCOCCOC2O[C@H](CO)[C@H](O)[C@H](O)[C@H]2NC(C)=O)C(=O)CCCOCCOC2O[C@H](CO)[C@H](O)[C@H](O)[C@H]2NC(C)=O)C(=O)NC(CCC(=O)CCCOCCOC2O[C@H](CO)[C@H](O)[C@H](O)[C@H]2C)C(=O)NCCOCCOC2O[C@H](CO)[C@H](O)[C@H](O)[C@H]2C)C[C@@]1(C)CO. The predicted octanol–water partition coefficient (Wildman–Crippen LogP) is -6.60. The number of nitrogens with one attached hydrogen (secondary N) is 6. The molecule has 7 amide bonds. The monoisotopic (exact) mass is 1730 g/mol. The molecule has 692 valence electrons. The number of carbonyl (C=O) groups excluding carboxylic acids is 10. The van der Waals surface area contributed by atoms with E-state index in [-0.39, 0.29) is 193 Å². The van der Waals surface area contributed by atoms with Crippen LogP contribution in [0.5, 0.6) is 0 Å². The number of ketones is 3. The van der Waals surface area contributed by atoms with Crippen LogP contribution in [0.15, 0.2) is 0 Å². The Balaban J connectivity index is 1.29. The Bertz CT molecular complexity index is 3100. The quantitative estimate of drug-likeness (QED) is 0.0252. The summed E-state index contributed by atoms with van der Waals surface area (Å²) in [5.41, 5.74) is -0.972. The molecule has 0 aliphatic carbocycles. The van der Waals surface area contributed by atoms with Gasteiger partial charge in [0.2, 0.25) is 41.4 Å². The lowest BCUT2D eigenvalue weighted by Gasteiger charge is -2.42. The van der Waals surface area contributed by atoms with Gasteiger partial charge in [-0.1, -0.05) is 34.6 Å². The Labute approximate surface area is 698 Å². The number of ether oxygens (including phenoxy) is 12. The highest BCUT2D eigenvalue weighted by Crippen LogP contribution is 2.48. The molecule has 5 aliphatic heterocycles. The van der Waals surface area contributed by atoms with Crippen LogP contribution >= 0.6 is 0 Å². The lowest BCUT2D eigenvalue weighted by molar-refractivity contribution is -0.284. The Morgan fingerprint density at radius 1 is 0.425 bits per heavy atom. The zero-order valence-electron chi connectivity index (χ0n) is 70.0. The number of hydrogen-bond donors (Lipinski definition) is 19. The number of Topliss-reactive ketones (excluding diaryl/α,β-unsaturated/α-hetero) is 3. The molecule has 7 unspecified atom stereocenters. The molecule has 5 aliphatic rings. The zero-order chi connectivity index (χ0) is 88.8. The maximum absolute atomic E-state index is 14.8. The summed E-state index contributed by atoms with van der Waals surface area (Å²) in [4.78, 5) is 138. The fraction of sp³-hybridized carbons (Fsp3) is 0.872. The number of aliphatic hydroxyl groups is 13. The van der Waals surface area contributed by atoms with Crippen molar-refractivity contribution in [3.05, 3.63) is 0 Å². The number of rotatable bonds is 58. The van der Waals surface area contributed by atoms with E-state index in [2.05, 4.69) is 31.9 Å². The lowest BCUT2D eigenvalue weighted by atomic mass is 9.67. The summed E-state index contributed by atoms with van der Waals surface area (Å²) >= 11 is 0. The molecule has 0 saturated carbocycles. The van der Waals surface area contributed by atoms with Crippen LogP contribution < -0.4 is 31.9 Å². The first kappa shape index (κ1) is 105. The normalized spacial score (nSPS) is 30.8. The van der Waals surface area contributed by atoms with Gasteiger partial charge in [0.15, 0.2) is 30.9 Å². The maximum atomic E-state index is 14.8. The third-order valence-electron chi connectivity index (χ3n) is 22.6. The van der Waals surface area contributed by atoms with Gasteiger partial charge in [-0.3, -0.25) is 47.9 Å². The number of hydrogen-bond acceptors (Lipinski definition) is 35. The molecule has 0 aromatic carbocycles. The summed E-state index contributed by atoms with van der Waals surface area (Å²) in [5.74, 6) is -8.45. The first-order valence-electron chi connectivity index (χ1n) is 41.5. The summed E-state index contributed by atoms with van der Waals surface area (Å²) in [5, 5.41) is 148. The van der Waals surface area contributed by atoms with Crippen molar-refractivity contribution in [3.8, 4) is 0 Å². The Morgan fingerprint density at radius 2 is 0.842 bits per heavy atom. The molecule has 42 nitrogen and oxygen atoms in total. The smallest absolute Gasteiger partial charge is 0.242 e. The summed E-state index contributed by atoms with van der Waals surface area (Å²) in [6, 6.07) is -5.20. The molecule has 5 saturated heterocycles. The first-order chi connectivity index (χ1) is 57.1. The fourth-order valence-corrected chi connectivity index (χ4v) is 14.6. The second kappa shape index (κ2) is 54.2. The summed E-state index contributed by atoms with van der Waals surface area (Å²) < 4.78 is 67.8. The van der Waals surface area contributed by atoms with Gasteiger partial charge in [-0.05, 0) is 50.4 Å².